The Morgan fingerprint density at radius 1 is 1.20 bits per heavy atom. The Kier molecular flexibility index (Phi) is 3.60. The van der Waals surface area contributed by atoms with Gasteiger partial charge in [-0.05, 0) is 65.3 Å². The van der Waals surface area contributed by atoms with E-state index in [0.29, 0.717) is 0 Å². The average molecular weight is 332 g/mol. The number of furan rings is 1. The van der Waals surface area contributed by atoms with Crippen LogP contribution in [0.5, 0.6) is 0 Å². The van der Waals surface area contributed by atoms with Gasteiger partial charge < -0.3 is 9.73 Å². The highest BCUT2D eigenvalue weighted by Crippen LogP contribution is 2.24. The van der Waals surface area contributed by atoms with Crippen LogP contribution >= 0.6 is 15.9 Å². The smallest absolute Gasteiger partial charge is 0.169 e. The topological polar surface area (TPSA) is 43.0 Å². The summed E-state index contributed by atoms with van der Waals surface area (Å²) in [6.07, 6.45) is 3.69. The van der Waals surface area contributed by atoms with E-state index in [0.717, 1.165) is 21.8 Å². The second-order valence-electron chi connectivity index (χ2n) is 4.51. The van der Waals surface area contributed by atoms with E-state index in [-0.39, 0.29) is 6.04 Å². The van der Waals surface area contributed by atoms with Crippen LogP contribution in [0, 0.1) is 0 Å². The van der Waals surface area contributed by atoms with Gasteiger partial charge in [-0.2, -0.15) is 5.10 Å². The summed E-state index contributed by atoms with van der Waals surface area (Å²) in [5.41, 5.74) is 2.08. The van der Waals surface area contributed by atoms with Crippen molar-refractivity contribution in [2.75, 3.05) is 5.32 Å². The summed E-state index contributed by atoms with van der Waals surface area (Å²) in [6.45, 7) is 2.06. The number of rotatable bonds is 4. The maximum absolute atomic E-state index is 5.54. The van der Waals surface area contributed by atoms with Gasteiger partial charge in [0.15, 0.2) is 4.67 Å². The van der Waals surface area contributed by atoms with E-state index in [9.17, 15) is 0 Å². The molecule has 1 unspecified atom stereocenters. The fraction of sp³-hybridized carbons (Fsp3) is 0.133. The van der Waals surface area contributed by atoms with Gasteiger partial charge in [-0.1, -0.05) is 0 Å². The van der Waals surface area contributed by atoms with Crippen LogP contribution in [0.4, 0.5) is 5.69 Å². The lowest BCUT2D eigenvalue weighted by molar-refractivity contribution is 0.471. The molecule has 20 heavy (non-hydrogen) atoms. The first-order valence-electron chi connectivity index (χ1n) is 6.34. The molecule has 1 N–H and O–H groups in total. The van der Waals surface area contributed by atoms with Crippen molar-refractivity contribution in [1.82, 2.24) is 9.78 Å². The van der Waals surface area contributed by atoms with Gasteiger partial charge in [-0.3, -0.25) is 0 Å². The van der Waals surface area contributed by atoms with Gasteiger partial charge in [-0.15, -0.1) is 0 Å². The van der Waals surface area contributed by atoms with Crippen LogP contribution in [0.3, 0.4) is 0 Å². The molecule has 0 aliphatic heterocycles. The molecule has 0 amide bonds. The van der Waals surface area contributed by atoms with Crippen molar-refractivity contribution in [2.24, 2.45) is 0 Å². The molecule has 0 aliphatic carbocycles. The van der Waals surface area contributed by atoms with Crippen molar-refractivity contribution in [3.8, 4) is 5.69 Å². The van der Waals surface area contributed by atoms with Crippen LogP contribution in [-0.4, -0.2) is 9.78 Å². The molecule has 3 aromatic rings. The zero-order valence-corrected chi connectivity index (χ0v) is 12.5. The van der Waals surface area contributed by atoms with Crippen molar-refractivity contribution in [3.63, 3.8) is 0 Å². The van der Waals surface area contributed by atoms with Crippen LogP contribution in [0.15, 0.2) is 63.9 Å². The highest BCUT2D eigenvalue weighted by atomic mass is 79.9. The molecule has 5 heteroatoms. The molecule has 102 valence electrons. The number of halogens is 1. The first kappa shape index (κ1) is 13.0. The number of aromatic nitrogens is 2. The average Bonchev–Trinajstić information content (AvgIpc) is 3.10. The molecule has 0 aliphatic rings. The van der Waals surface area contributed by atoms with Gasteiger partial charge in [0, 0.05) is 18.1 Å². The summed E-state index contributed by atoms with van der Waals surface area (Å²) in [6, 6.07) is 14.0. The SMILES string of the molecule is CC(Nc1ccc(-n2cccn2)cc1)c1ccc(Br)o1. The van der Waals surface area contributed by atoms with Gasteiger partial charge in [0.25, 0.3) is 0 Å². The van der Waals surface area contributed by atoms with Crippen LogP contribution in [0.25, 0.3) is 5.69 Å². The molecule has 0 radical (unpaired) electrons. The van der Waals surface area contributed by atoms with Gasteiger partial charge in [-0.25, -0.2) is 4.68 Å². The molecule has 3 rings (SSSR count). The lowest BCUT2D eigenvalue weighted by Gasteiger charge is -2.13. The Hall–Kier alpha value is -2.01. The van der Waals surface area contributed by atoms with Gasteiger partial charge >= 0.3 is 0 Å². The first-order chi connectivity index (χ1) is 9.72. The molecule has 1 aromatic carbocycles. The molecule has 0 spiro atoms. The summed E-state index contributed by atoms with van der Waals surface area (Å²) in [5.74, 6) is 0.896. The van der Waals surface area contributed by atoms with Crippen molar-refractivity contribution in [2.45, 2.75) is 13.0 Å². The zero-order chi connectivity index (χ0) is 13.9. The second-order valence-corrected chi connectivity index (χ2v) is 5.29. The molecule has 1 atom stereocenters. The molecule has 0 bridgehead atoms. The molecule has 0 fully saturated rings. The summed E-state index contributed by atoms with van der Waals surface area (Å²) in [4.78, 5) is 0. The number of hydrogen-bond acceptors (Lipinski definition) is 3. The van der Waals surface area contributed by atoms with Crippen LogP contribution in [0.1, 0.15) is 18.7 Å². The van der Waals surface area contributed by atoms with Crippen molar-refractivity contribution >= 4 is 21.6 Å². The number of benzene rings is 1. The summed E-state index contributed by atoms with van der Waals surface area (Å²) >= 11 is 3.31. The van der Waals surface area contributed by atoms with E-state index < -0.39 is 0 Å². The third-order valence-electron chi connectivity index (χ3n) is 3.04. The zero-order valence-electron chi connectivity index (χ0n) is 11.0. The van der Waals surface area contributed by atoms with E-state index in [1.165, 1.54) is 0 Å². The summed E-state index contributed by atoms with van der Waals surface area (Å²) in [5, 5.41) is 7.60. The van der Waals surface area contributed by atoms with Crippen LogP contribution < -0.4 is 5.32 Å². The van der Waals surface area contributed by atoms with Crippen molar-refractivity contribution in [1.29, 1.82) is 0 Å². The van der Waals surface area contributed by atoms with Crippen molar-refractivity contribution < 1.29 is 4.42 Å². The lowest BCUT2D eigenvalue weighted by atomic mass is 10.2. The maximum Gasteiger partial charge on any atom is 0.169 e. The first-order valence-corrected chi connectivity index (χ1v) is 7.13. The normalized spacial score (nSPS) is 12.3. The molecular weight excluding hydrogens is 318 g/mol. The number of hydrogen-bond donors (Lipinski definition) is 1. The minimum atomic E-state index is 0.108. The summed E-state index contributed by atoms with van der Waals surface area (Å²) < 4.78 is 8.12. The summed E-state index contributed by atoms with van der Waals surface area (Å²) in [7, 11) is 0. The lowest BCUT2D eigenvalue weighted by Crippen LogP contribution is -2.05. The van der Waals surface area contributed by atoms with Gasteiger partial charge in [0.05, 0.1) is 11.7 Å². The Labute approximate surface area is 125 Å². The largest absolute Gasteiger partial charge is 0.452 e. The highest BCUT2D eigenvalue weighted by Gasteiger charge is 2.09. The molecule has 2 aromatic heterocycles. The quantitative estimate of drug-likeness (QED) is 0.770. The third-order valence-corrected chi connectivity index (χ3v) is 3.47. The van der Waals surface area contributed by atoms with E-state index in [2.05, 4.69) is 33.3 Å². The Morgan fingerprint density at radius 2 is 2.00 bits per heavy atom. The monoisotopic (exact) mass is 331 g/mol. The minimum Gasteiger partial charge on any atom is -0.452 e. The predicted molar refractivity (Wildman–Crippen MR) is 82.0 cm³/mol. The number of nitrogens with zero attached hydrogens (tertiary/aromatic N) is 2. The molecule has 0 saturated carbocycles. The maximum atomic E-state index is 5.54. The van der Waals surface area contributed by atoms with E-state index in [1.54, 1.807) is 6.20 Å². The Balaban J connectivity index is 1.72. The number of nitrogens with one attached hydrogen (secondary N) is 1. The molecule has 4 nitrogen and oxygen atoms in total. The minimum absolute atomic E-state index is 0.108. The Morgan fingerprint density at radius 3 is 2.60 bits per heavy atom. The standard InChI is InChI=1S/C15H14BrN3O/c1-11(14-7-8-15(16)20-14)18-12-3-5-13(6-4-12)19-10-2-9-17-19/h2-11,18H,1H3. The van der Waals surface area contributed by atoms with Crippen LogP contribution in [-0.2, 0) is 0 Å². The van der Waals surface area contributed by atoms with E-state index >= 15 is 0 Å². The molecular formula is C15H14BrN3O. The second kappa shape index (κ2) is 5.54. The fourth-order valence-corrected chi connectivity index (χ4v) is 2.33. The fourth-order valence-electron chi connectivity index (χ4n) is 2.01. The number of anilines is 1. The molecule has 2 heterocycles. The van der Waals surface area contributed by atoms with E-state index in [1.807, 2.05) is 53.3 Å². The van der Waals surface area contributed by atoms with Gasteiger partial charge in [0.2, 0.25) is 0 Å². The van der Waals surface area contributed by atoms with Crippen molar-refractivity contribution in [3.05, 3.63) is 65.3 Å². The highest BCUT2D eigenvalue weighted by molar-refractivity contribution is 9.10. The third kappa shape index (κ3) is 2.77. The molecule has 0 saturated heterocycles. The van der Waals surface area contributed by atoms with E-state index in [4.69, 9.17) is 4.42 Å². The Bertz CT molecular complexity index is 673. The van der Waals surface area contributed by atoms with Gasteiger partial charge in [0.1, 0.15) is 5.76 Å². The van der Waals surface area contributed by atoms with Crippen LogP contribution in [0.2, 0.25) is 0 Å². The predicted octanol–water partition coefficient (Wildman–Crippen LogP) is 4.40.